The van der Waals surface area contributed by atoms with Crippen LogP contribution < -0.4 is 10.2 Å². The van der Waals surface area contributed by atoms with Gasteiger partial charge in [0.1, 0.15) is 0 Å². The number of nitrogens with one attached hydrogen (secondary N) is 1. The second kappa shape index (κ2) is 8.16. The third kappa shape index (κ3) is 6.81. The number of aliphatic hydroxyl groups is 1. The van der Waals surface area contributed by atoms with Crippen molar-refractivity contribution in [3.05, 3.63) is 28.2 Å². The van der Waals surface area contributed by atoms with Gasteiger partial charge in [-0.25, -0.2) is 0 Å². The second-order valence-electron chi connectivity index (χ2n) is 6.63. The molecule has 0 fully saturated rings. The van der Waals surface area contributed by atoms with E-state index >= 15 is 0 Å². The van der Waals surface area contributed by atoms with E-state index in [1.807, 2.05) is 13.8 Å². The van der Waals surface area contributed by atoms with Crippen LogP contribution in [0.4, 0.5) is 5.69 Å². The Bertz CT molecular complexity index is 441. The van der Waals surface area contributed by atoms with Gasteiger partial charge < -0.3 is 15.3 Å². The fraction of sp³-hybridized carbons (Fsp3) is 0.647. The zero-order valence-corrected chi connectivity index (χ0v) is 15.5. The lowest BCUT2D eigenvalue weighted by Crippen LogP contribution is -2.38. The van der Waals surface area contributed by atoms with Crippen molar-refractivity contribution < 1.29 is 5.11 Å². The van der Waals surface area contributed by atoms with Crippen molar-refractivity contribution in [2.75, 3.05) is 24.5 Å². The summed E-state index contributed by atoms with van der Waals surface area (Å²) in [5.41, 5.74) is 1.71. The first kappa shape index (κ1) is 18.5. The van der Waals surface area contributed by atoms with Crippen LogP contribution in [0.3, 0.4) is 0 Å². The van der Waals surface area contributed by atoms with Gasteiger partial charge in [-0.1, -0.05) is 35.8 Å². The number of nitrogens with zero attached hydrogens (tertiary/aromatic N) is 1. The zero-order valence-electron chi connectivity index (χ0n) is 13.9. The minimum absolute atomic E-state index is 0.626. The molecule has 0 bridgehead atoms. The summed E-state index contributed by atoms with van der Waals surface area (Å²) in [5.74, 6) is 0.658. The predicted octanol–water partition coefficient (Wildman–Crippen LogP) is 3.79. The molecule has 0 radical (unpaired) electrons. The average molecular weight is 357 g/mol. The fourth-order valence-electron chi connectivity index (χ4n) is 2.22. The Balaban J connectivity index is 2.75. The first-order valence-corrected chi connectivity index (χ1v) is 8.48. The number of rotatable bonds is 8. The molecule has 0 spiro atoms. The lowest BCUT2D eigenvalue weighted by molar-refractivity contribution is 0.0876. The highest BCUT2D eigenvalue weighted by Gasteiger charge is 2.18. The van der Waals surface area contributed by atoms with Gasteiger partial charge >= 0.3 is 0 Å². The molecule has 1 aromatic carbocycles. The van der Waals surface area contributed by atoms with Crippen LogP contribution in [0.5, 0.6) is 0 Å². The molecule has 0 aromatic heterocycles. The highest BCUT2D eigenvalue weighted by molar-refractivity contribution is 9.10. The van der Waals surface area contributed by atoms with E-state index in [-0.39, 0.29) is 0 Å². The highest BCUT2D eigenvalue weighted by Crippen LogP contribution is 2.25. The van der Waals surface area contributed by atoms with Crippen molar-refractivity contribution in [3.8, 4) is 0 Å². The van der Waals surface area contributed by atoms with Crippen LogP contribution in [-0.4, -0.2) is 30.3 Å². The topological polar surface area (TPSA) is 35.5 Å². The van der Waals surface area contributed by atoms with E-state index in [0.29, 0.717) is 12.5 Å². The number of halogens is 1. The Kier molecular flexibility index (Phi) is 7.17. The van der Waals surface area contributed by atoms with Gasteiger partial charge in [0.05, 0.1) is 5.60 Å². The van der Waals surface area contributed by atoms with Crippen molar-refractivity contribution >= 4 is 21.6 Å². The van der Waals surface area contributed by atoms with Crippen LogP contribution in [0.1, 0.15) is 40.2 Å². The molecule has 0 saturated heterocycles. The van der Waals surface area contributed by atoms with Crippen LogP contribution in [0, 0.1) is 5.92 Å². The predicted molar refractivity (Wildman–Crippen MR) is 94.9 cm³/mol. The van der Waals surface area contributed by atoms with Crippen molar-refractivity contribution in [1.29, 1.82) is 0 Å². The van der Waals surface area contributed by atoms with Crippen LogP contribution >= 0.6 is 15.9 Å². The molecular formula is C17H29BrN2O. The number of hydrogen-bond donors (Lipinski definition) is 2. The minimum atomic E-state index is -0.694. The number of benzene rings is 1. The van der Waals surface area contributed by atoms with Gasteiger partial charge in [-0.05, 0) is 50.9 Å². The Labute approximate surface area is 137 Å². The quantitative estimate of drug-likeness (QED) is 0.743. The third-order valence-electron chi connectivity index (χ3n) is 3.23. The highest BCUT2D eigenvalue weighted by atomic mass is 79.9. The molecule has 3 nitrogen and oxygen atoms in total. The molecule has 0 unspecified atom stereocenters. The SMILES string of the molecule is CCN(CC(C)(C)O)c1ccc(CNCC(C)C)c(Br)c1. The Morgan fingerprint density at radius 3 is 2.48 bits per heavy atom. The van der Waals surface area contributed by atoms with Gasteiger partial charge in [0, 0.05) is 29.8 Å². The monoisotopic (exact) mass is 356 g/mol. The van der Waals surface area contributed by atoms with Gasteiger partial charge in [0.25, 0.3) is 0 Å². The van der Waals surface area contributed by atoms with Gasteiger partial charge in [-0.2, -0.15) is 0 Å². The maximum atomic E-state index is 10.0. The van der Waals surface area contributed by atoms with E-state index < -0.39 is 5.60 Å². The van der Waals surface area contributed by atoms with Gasteiger partial charge in [-0.3, -0.25) is 0 Å². The lowest BCUT2D eigenvalue weighted by atomic mass is 10.1. The largest absolute Gasteiger partial charge is 0.389 e. The van der Waals surface area contributed by atoms with E-state index in [1.165, 1.54) is 5.56 Å². The van der Waals surface area contributed by atoms with E-state index in [4.69, 9.17) is 0 Å². The molecule has 1 aromatic rings. The standard InChI is InChI=1S/C17H29BrN2O/c1-6-20(12-17(4,5)21)15-8-7-14(16(18)9-15)11-19-10-13(2)3/h7-9,13,19,21H,6,10-12H2,1-5H3. The first-order chi connectivity index (χ1) is 9.73. The Morgan fingerprint density at radius 2 is 2.00 bits per heavy atom. The fourth-order valence-corrected chi connectivity index (χ4v) is 2.73. The Hall–Kier alpha value is -0.580. The molecule has 0 heterocycles. The summed E-state index contributed by atoms with van der Waals surface area (Å²) in [6.07, 6.45) is 0. The maximum Gasteiger partial charge on any atom is 0.0765 e. The number of likely N-dealkylation sites (N-methyl/N-ethyl adjacent to an activating group) is 1. The smallest absolute Gasteiger partial charge is 0.0765 e. The molecule has 2 N–H and O–H groups in total. The molecule has 0 aliphatic carbocycles. The first-order valence-electron chi connectivity index (χ1n) is 7.69. The summed E-state index contributed by atoms with van der Waals surface area (Å²) in [5, 5.41) is 13.5. The third-order valence-corrected chi connectivity index (χ3v) is 3.97. The summed E-state index contributed by atoms with van der Waals surface area (Å²) >= 11 is 3.66. The second-order valence-corrected chi connectivity index (χ2v) is 7.48. The van der Waals surface area contributed by atoms with E-state index in [2.05, 4.69) is 65.1 Å². The molecular weight excluding hydrogens is 328 g/mol. The molecule has 0 aliphatic heterocycles. The van der Waals surface area contributed by atoms with Gasteiger partial charge in [0.2, 0.25) is 0 Å². The van der Waals surface area contributed by atoms with E-state index in [0.717, 1.165) is 29.8 Å². The molecule has 120 valence electrons. The molecule has 0 saturated carbocycles. The maximum absolute atomic E-state index is 10.0. The molecule has 1 rings (SSSR count). The summed E-state index contributed by atoms with van der Waals surface area (Å²) in [6, 6.07) is 6.42. The van der Waals surface area contributed by atoms with Crippen molar-refractivity contribution in [1.82, 2.24) is 5.32 Å². The molecule has 0 amide bonds. The van der Waals surface area contributed by atoms with Crippen LogP contribution in [-0.2, 0) is 6.54 Å². The number of anilines is 1. The van der Waals surface area contributed by atoms with Crippen LogP contribution in [0.15, 0.2) is 22.7 Å². The van der Waals surface area contributed by atoms with Crippen molar-refractivity contribution in [2.45, 2.75) is 46.8 Å². The van der Waals surface area contributed by atoms with Crippen LogP contribution in [0.2, 0.25) is 0 Å². The summed E-state index contributed by atoms with van der Waals surface area (Å²) in [4.78, 5) is 2.19. The van der Waals surface area contributed by atoms with Crippen molar-refractivity contribution in [2.24, 2.45) is 5.92 Å². The van der Waals surface area contributed by atoms with E-state index in [9.17, 15) is 5.11 Å². The normalized spacial score (nSPS) is 12.0. The summed E-state index contributed by atoms with van der Waals surface area (Å²) in [6.45, 7) is 13.6. The summed E-state index contributed by atoms with van der Waals surface area (Å²) in [7, 11) is 0. The average Bonchev–Trinajstić information content (AvgIpc) is 2.36. The number of hydrogen-bond acceptors (Lipinski definition) is 3. The lowest BCUT2D eigenvalue weighted by Gasteiger charge is -2.30. The molecule has 21 heavy (non-hydrogen) atoms. The van der Waals surface area contributed by atoms with Gasteiger partial charge in [-0.15, -0.1) is 0 Å². The Morgan fingerprint density at radius 1 is 1.33 bits per heavy atom. The zero-order chi connectivity index (χ0) is 16.0. The molecule has 0 atom stereocenters. The van der Waals surface area contributed by atoms with E-state index in [1.54, 1.807) is 0 Å². The van der Waals surface area contributed by atoms with Crippen molar-refractivity contribution in [3.63, 3.8) is 0 Å². The minimum Gasteiger partial charge on any atom is -0.389 e. The van der Waals surface area contributed by atoms with Crippen LogP contribution in [0.25, 0.3) is 0 Å². The summed E-state index contributed by atoms with van der Waals surface area (Å²) < 4.78 is 1.12. The molecule has 4 heteroatoms. The molecule has 0 aliphatic rings. The van der Waals surface area contributed by atoms with Gasteiger partial charge in [0.15, 0.2) is 0 Å².